The van der Waals surface area contributed by atoms with Crippen molar-refractivity contribution in [2.75, 3.05) is 32.1 Å². The van der Waals surface area contributed by atoms with Gasteiger partial charge in [-0.2, -0.15) is 5.10 Å². The molecule has 1 unspecified atom stereocenters. The van der Waals surface area contributed by atoms with Crippen molar-refractivity contribution in [3.63, 3.8) is 0 Å². The number of para-hydroxylation sites is 1. The summed E-state index contributed by atoms with van der Waals surface area (Å²) in [5, 5.41) is 20.8. The van der Waals surface area contributed by atoms with Crippen LogP contribution in [0.15, 0.2) is 72.8 Å². The number of nitrogens with one attached hydrogen (secondary N) is 2. The predicted octanol–water partition coefficient (Wildman–Crippen LogP) is 6.11. The molecule has 2 heterocycles. The summed E-state index contributed by atoms with van der Waals surface area (Å²) in [7, 11) is 1.58. The fourth-order valence-electron chi connectivity index (χ4n) is 6.31. The number of fused-ring (bicyclic) bond motifs is 1. The lowest BCUT2D eigenvalue weighted by Gasteiger charge is -2.36. The van der Waals surface area contributed by atoms with Gasteiger partial charge in [0.2, 0.25) is 0 Å². The monoisotopic (exact) mass is 680 g/mol. The highest BCUT2D eigenvalue weighted by molar-refractivity contribution is 6.00. The molecule has 0 saturated heterocycles. The zero-order chi connectivity index (χ0) is 35.6. The fraction of sp³-hybridized carbons (Fsp3) is 0.385. The summed E-state index contributed by atoms with van der Waals surface area (Å²) in [4.78, 5) is 44.8. The van der Waals surface area contributed by atoms with Crippen molar-refractivity contribution in [1.82, 2.24) is 24.9 Å². The Kier molecular flexibility index (Phi) is 12.3. The summed E-state index contributed by atoms with van der Waals surface area (Å²) in [6.45, 7) is 7.72. The predicted molar refractivity (Wildman–Crippen MR) is 194 cm³/mol. The van der Waals surface area contributed by atoms with Crippen molar-refractivity contribution in [3.05, 3.63) is 106 Å². The first-order valence-corrected chi connectivity index (χ1v) is 17.4. The summed E-state index contributed by atoms with van der Waals surface area (Å²) in [5.74, 6) is 0.208. The van der Waals surface area contributed by atoms with Gasteiger partial charge in [0.1, 0.15) is 5.75 Å². The van der Waals surface area contributed by atoms with Gasteiger partial charge >= 0.3 is 6.03 Å². The second-order valence-corrected chi connectivity index (χ2v) is 12.7. The zero-order valence-electron chi connectivity index (χ0n) is 29.4. The first-order valence-electron chi connectivity index (χ1n) is 17.4. The number of carbonyl (C=O) groups is 3. The van der Waals surface area contributed by atoms with Crippen LogP contribution >= 0.6 is 0 Å². The van der Waals surface area contributed by atoms with E-state index >= 15 is 0 Å². The minimum atomic E-state index is -0.454. The van der Waals surface area contributed by atoms with E-state index in [1.54, 1.807) is 41.0 Å². The normalized spacial score (nSPS) is 13.8. The van der Waals surface area contributed by atoms with Crippen LogP contribution < -0.4 is 15.4 Å². The molecule has 1 aromatic heterocycles. The minimum absolute atomic E-state index is 0.139. The summed E-state index contributed by atoms with van der Waals surface area (Å²) in [6.07, 6.45) is 4.27. The van der Waals surface area contributed by atoms with Crippen LogP contribution in [0.5, 0.6) is 5.75 Å². The average molecular weight is 681 g/mol. The van der Waals surface area contributed by atoms with E-state index in [-0.39, 0.29) is 30.5 Å². The first-order chi connectivity index (χ1) is 24.3. The highest BCUT2D eigenvalue weighted by atomic mass is 16.5. The number of aliphatic hydroxyl groups excluding tert-OH is 1. The quantitative estimate of drug-likeness (QED) is 0.147. The molecule has 1 aliphatic rings. The second-order valence-electron chi connectivity index (χ2n) is 12.7. The van der Waals surface area contributed by atoms with Gasteiger partial charge in [-0.3, -0.25) is 9.59 Å². The van der Waals surface area contributed by atoms with Gasteiger partial charge < -0.3 is 30.3 Å². The number of anilines is 1. The number of methoxy groups -OCH3 is 1. The van der Waals surface area contributed by atoms with E-state index in [0.29, 0.717) is 54.6 Å². The van der Waals surface area contributed by atoms with Crippen molar-refractivity contribution in [3.8, 4) is 11.4 Å². The first kappa shape index (κ1) is 36.1. The number of amides is 4. The third-order valence-corrected chi connectivity index (χ3v) is 9.13. The lowest BCUT2D eigenvalue weighted by Crippen LogP contribution is -2.46. The molecule has 5 rings (SSSR count). The number of rotatable bonds is 14. The van der Waals surface area contributed by atoms with E-state index < -0.39 is 12.1 Å². The van der Waals surface area contributed by atoms with Crippen LogP contribution in [0, 0.1) is 6.92 Å². The molecule has 4 amide bonds. The van der Waals surface area contributed by atoms with Gasteiger partial charge in [0, 0.05) is 43.1 Å². The van der Waals surface area contributed by atoms with E-state index in [9.17, 15) is 19.5 Å². The number of unbranched alkanes of at least 4 members (excludes halogenated alkanes) is 2. The molecule has 3 aromatic carbocycles. The molecular weight excluding hydrogens is 632 g/mol. The SMILES string of the molecule is CCCCN(CCCC)C(=O)c1cc(C)n(-c2ccc(NC(=O)NCc3ccccc3OC)cc2C(=O)N2Cc3ccccc3CC2CO)n1. The van der Waals surface area contributed by atoms with Crippen LogP contribution in [-0.2, 0) is 19.5 Å². The molecule has 50 heavy (non-hydrogen) atoms. The Morgan fingerprint density at radius 1 is 0.960 bits per heavy atom. The molecule has 0 radical (unpaired) electrons. The van der Waals surface area contributed by atoms with Gasteiger partial charge in [-0.05, 0) is 67.6 Å². The van der Waals surface area contributed by atoms with Gasteiger partial charge in [-0.25, -0.2) is 9.48 Å². The summed E-state index contributed by atoms with van der Waals surface area (Å²) in [5.41, 5.74) is 5.08. The van der Waals surface area contributed by atoms with E-state index in [4.69, 9.17) is 9.84 Å². The number of hydrogen-bond donors (Lipinski definition) is 3. The Morgan fingerprint density at radius 2 is 1.66 bits per heavy atom. The zero-order valence-corrected chi connectivity index (χ0v) is 29.4. The van der Waals surface area contributed by atoms with E-state index in [1.807, 2.05) is 60.4 Å². The Bertz CT molecular complexity index is 1800. The Labute approximate surface area is 294 Å². The summed E-state index contributed by atoms with van der Waals surface area (Å²) in [6, 6.07) is 21.3. The number of nitrogens with zero attached hydrogens (tertiary/aromatic N) is 4. The second kappa shape index (κ2) is 17.0. The molecule has 1 atom stereocenters. The molecule has 0 aliphatic carbocycles. The molecule has 0 spiro atoms. The van der Waals surface area contributed by atoms with Crippen molar-refractivity contribution < 1.29 is 24.2 Å². The molecule has 11 heteroatoms. The molecular formula is C39H48N6O5. The Hall–Kier alpha value is -5.16. The lowest BCUT2D eigenvalue weighted by atomic mass is 9.93. The number of benzene rings is 3. The fourth-order valence-corrected chi connectivity index (χ4v) is 6.31. The lowest BCUT2D eigenvalue weighted by molar-refractivity contribution is 0.0544. The molecule has 0 saturated carbocycles. The van der Waals surface area contributed by atoms with Crippen LogP contribution in [0.2, 0.25) is 0 Å². The average Bonchev–Trinajstić information content (AvgIpc) is 3.53. The molecule has 1 aliphatic heterocycles. The number of ether oxygens (including phenoxy) is 1. The maximum atomic E-state index is 14.5. The van der Waals surface area contributed by atoms with Crippen LogP contribution in [0.25, 0.3) is 5.69 Å². The number of aromatic nitrogens is 2. The van der Waals surface area contributed by atoms with Crippen molar-refractivity contribution in [2.45, 2.75) is 72.0 Å². The standard InChI is InChI=1S/C39H48N6O5/c1-5-7-19-43(20-8-6-2)38(48)34-21-27(3)45(42-34)35-18-17-31(41-39(49)40-24-29-14-11-12-16-36(29)50-4)23-33(35)37(47)44-25-30-15-10-9-13-28(30)22-32(44)26-46/h9-18,21,23,32,46H,5-8,19-20,22,24-26H2,1-4H3,(H2,40,41,49). The number of urea groups is 1. The smallest absolute Gasteiger partial charge is 0.319 e. The minimum Gasteiger partial charge on any atom is -0.496 e. The summed E-state index contributed by atoms with van der Waals surface area (Å²) >= 11 is 0. The third kappa shape index (κ3) is 8.34. The molecule has 3 N–H and O–H groups in total. The summed E-state index contributed by atoms with van der Waals surface area (Å²) < 4.78 is 7.02. The van der Waals surface area contributed by atoms with E-state index in [0.717, 1.165) is 42.4 Å². The van der Waals surface area contributed by atoms with Gasteiger partial charge in [0.05, 0.1) is 31.0 Å². The van der Waals surface area contributed by atoms with Gasteiger partial charge in [-0.15, -0.1) is 0 Å². The van der Waals surface area contributed by atoms with Gasteiger partial charge in [-0.1, -0.05) is 69.2 Å². The maximum Gasteiger partial charge on any atom is 0.319 e. The number of aryl methyl sites for hydroxylation is 1. The molecule has 4 aromatic rings. The van der Waals surface area contributed by atoms with Crippen molar-refractivity contribution in [2.24, 2.45) is 0 Å². The molecule has 11 nitrogen and oxygen atoms in total. The van der Waals surface area contributed by atoms with Gasteiger partial charge in [0.25, 0.3) is 11.8 Å². The Morgan fingerprint density at radius 3 is 2.36 bits per heavy atom. The number of aliphatic hydroxyl groups is 1. The highest BCUT2D eigenvalue weighted by Gasteiger charge is 2.32. The van der Waals surface area contributed by atoms with Crippen LogP contribution in [0.1, 0.15) is 82.8 Å². The van der Waals surface area contributed by atoms with Crippen LogP contribution in [-0.4, -0.2) is 75.4 Å². The van der Waals surface area contributed by atoms with E-state index in [2.05, 4.69) is 24.5 Å². The topological polar surface area (TPSA) is 129 Å². The Balaban J connectivity index is 1.48. The van der Waals surface area contributed by atoms with Gasteiger partial charge in [0.15, 0.2) is 5.69 Å². The molecule has 0 fully saturated rings. The third-order valence-electron chi connectivity index (χ3n) is 9.13. The maximum absolute atomic E-state index is 14.5. The molecule has 264 valence electrons. The number of hydrogen-bond acceptors (Lipinski definition) is 6. The van der Waals surface area contributed by atoms with Crippen molar-refractivity contribution in [1.29, 1.82) is 0 Å². The number of carbonyl (C=O) groups excluding carboxylic acids is 3. The van der Waals surface area contributed by atoms with Crippen molar-refractivity contribution >= 4 is 23.5 Å². The van der Waals surface area contributed by atoms with E-state index in [1.165, 1.54) is 0 Å². The van der Waals surface area contributed by atoms with Crippen LogP contribution in [0.3, 0.4) is 0 Å². The molecule has 0 bridgehead atoms. The largest absolute Gasteiger partial charge is 0.496 e. The highest BCUT2D eigenvalue weighted by Crippen LogP contribution is 2.29. The van der Waals surface area contributed by atoms with Crippen LogP contribution in [0.4, 0.5) is 10.5 Å².